The first-order valence-corrected chi connectivity index (χ1v) is 7.48. The zero-order valence-electron chi connectivity index (χ0n) is 13.0. The lowest BCUT2D eigenvalue weighted by Gasteiger charge is -2.34. The number of halogens is 1. The first kappa shape index (κ1) is 17.4. The zero-order chi connectivity index (χ0) is 17.0. The van der Waals surface area contributed by atoms with Crippen LogP contribution in [0.1, 0.15) is 12.0 Å². The van der Waals surface area contributed by atoms with Crippen molar-refractivity contribution < 1.29 is 24.2 Å². The summed E-state index contributed by atoms with van der Waals surface area (Å²) in [6, 6.07) is 2.67. The van der Waals surface area contributed by atoms with Crippen LogP contribution in [0.15, 0.2) is 12.1 Å². The van der Waals surface area contributed by atoms with Crippen molar-refractivity contribution in [1.29, 1.82) is 0 Å². The number of carbonyl (C=O) groups is 2. The van der Waals surface area contributed by atoms with Crippen molar-refractivity contribution >= 4 is 23.5 Å². The van der Waals surface area contributed by atoms with Gasteiger partial charge in [-0.3, -0.25) is 14.5 Å². The summed E-state index contributed by atoms with van der Waals surface area (Å²) in [5.74, 6) is -0.256. The second kappa shape index (κ2) is 7.52. The Kier molecular flexibility index (Phi) is 5.68. The van der Waals surface area contributed by atoms with Crippen LogP contribution in [-0.4, -0.2) is 55.2 Å². The highest BCUT2D eigenvalue weighted by Gasteiger charge is 2.32. The van der Waals surface area contributed by atoms with E-state index in [1.807, 2.05) is 0 Å². The molecule has 126 valence electrons. The quantitative estimate of drug-likeness (QED) is 0.806. The Balaban J connectivity index is 2.25. The molecule has 1 amide bonds. The number of nitrogens with zero attached hydrogens (tertiary/aromatic N) is 1. The molecule has 0 radical (unpaired) electrons. The van der Waals surface area contributed by atoms with E-state index in [1.54, 1.807) is 17.0 Å². The fourth-order valence-corrected chi connectivity index (χ4v) is 2.79. The maximum atomic E-state index is 11.9. The zero-order valence-corrected chi connectivity index (χ0v) is 13.7. The van der Waals surface area contributed by atoms with Gasteiger partial charge in [-0.05, 0) is 11.6 Å². The minimum absolute atomic E-state index is 0.253. The molecule has 7 nitrogen and oxygen atoms in total. The van der Waals surface area contributed by atoms with Crippen molar-refractivity contribution in [3.63, 3.8) is 0 Å². The Labute approximate surface area is 139 Å². The molecule has 0 saturated carbocycles. The second-order valence-corrected chi connectivity index (χ2v) is 5.58. The summed E-state index contributed by atoms with van der Waals surface area (Å²) in [6.07, 6.45) is -0.253. The van der Waals surface area contributed by atoms with E-state index >= 15 is 0 Å². The number of rotatable bonds is 6. The minimum atomic E-state index is -1.02. The third kappa shape index (κ3) is 4.05. The summed E-state index contributed by atoms with van der Waals surface area (Å²) in [5.41, 5.74) is 0.745. The smallest absolute Gasteiger partial charge is 0.305 e. The molecule has 2 N–H and O–H groups in total. The van der Waals surface area contributed by atoms with E-state index in [4.69, 9.17) is 26.2 Å². The van der Waals surface area contributed by atoms with Gasteiger partial charge in [-0.1, -0.05) is 11.6 Å². The van der Waals surface area contributed by atoms with E-state index in [9.17, 15) is 9.59 Å². The van der Waals surface area contributed by atoms with Gasteiger partial charge in [0, 0.05) is 30.7 Å². The average Bonchev–Trinajstić information content (AvgIpc) is 2.51. The number of methoxy groups -OCH3 is 2. The fourth-order valence-electron chi connectivity index (χ4n) is 2.57. The van der Waals surface area contributed by atoms with Crippen LogP contribution >= 0.6 is 11.6 Å². The lowest BCUT2D eigenvalue weighted by molar-refractivity contribution is -0.143. The Morgan fingerprint density at radius 2 is 2.04 bits per heavy atom. The maximum absolute atomic E-state index is 11.9. The molecule has 0 aromatic heterocycles. The SMILES string of the molecule is COc1cc(Cl)c(CN2CCNC(=O)C2CC(=O)O)cc1OC. The molecule has 0 bridgehead atoms. The van der Waals surface area contributed by atoms with E-state index in [0.29, 0.717) is 36.2 Å². The molecule has 1 fully saturated rings. The number of nitrogens with one attached hydrogen (secondary N) is 1. The number of ether oxygens (including phenoxy) is 2. The van der Waals surface area contributed by atoms with E-state index < -0.39 is 12.0 Å². The molecule has 2 rings (SSSR count). The average molecular weight is 343 g/mol. The van der Waals surface area contributed by atoms with Crippen molar-refractivity contribution in [2.75, 3.05) is 27.3 Å². The summed E-state index contributed by atoms with van der Waals surface area (Å²) in [4.78, 5) is 24.7. The third-order valence-corrected chi connectivity index (χ3v) is 4.09. The Hall–Kier alpha value is -1.99. The van der Waals surface area contributed by atoms with Gasteiger partial charge in [0.15, 0.2) is 11.5 Å². The Morgan fingerprint density at radius 3 is 2.65 bits per heavy atom. The van der Waals surface area contributed by atoms with Crippen LogP contribution < -0.4 is 14.8 Å². The van der Waals surface area contributed by atoms with Crippen molar-refractivity contribution in [1.82, 2.24) is 10.2 Å². The van der Waals surface area contributed by atoms with Gasteiger partial charge in [0.2, 0.25) is 5.91 Å². The molecule has 1 aromatic carbocycles. The van der Waals surface area contributed by atoms with Gasteiger partial charge in [0.1, 0.15) is 6.04 Å². The highest BCUT2D eigenvalue weighted by atomic mass is 35.5. The molecule has 0 spiro atoms. The predicted molar refractivity (Wildman–Crippen MR) is 84.0 cm³/mol. The third-order valence-electron chi connectivity index (χ3n) is 3.74. The number of carbonyl (C=O) groups excluding carboxylic acids is 1. The number of piperazine rings is 1. The van der Waals surface area contributed by atoms with Crippen LogP contribution in [0, 0.1) is 0 Å². The number of amides is 1. The molecule has 8 heteroatoms. The molecule has 1 saturated heterocycles. The van der Waals surface area contributed by atoms with Crippen LogP contribution in [0.4, 0.5) is 0 Å². The van der Waals surface area contributed by atoms with Crippen molar-refractivity contribution in [3.05, 3.63) is 22.7 Å². The summed E-state index contributed by atoms with van der Waals surface area (Å²) in [6.45, 7) is 1.37. The summed E-state index contributed by atoms with van der Waals surface area (Å²) in [5, 5.41) is 12.2. The van der Waals surface area contributed by atoms with Crippen molar-refractivity contribution in [3.8, 4) is 11.5 Å². The van der Waals surface area contributed by atoms with E-state index in [1.165, 1.54) is 14.2 Å². The lowest BCUT2D eigenvalue weighted by Crippen LogP contribution is -2.55. The summed E-state index contributed by atoms with van der Waals surface area (Å²) in [7, 11) is 3.04. The van der Waals surface area contributed by atoms with Gasteiger partial charge in [0.05, 0.1) is 20.6 Å². The Morgan fingerprint density at radius 1 is 1.39 bits per heavy atom. The number of hydrogen-bond acceptors (Lipinski definition) is 5. The maximum Gasteiger partial charge on any atom is 0.305 e. The molecular formula is C15H19ClN2O5. The predicted octanol–water partition coefficient (Wildman–Crippen LogP) is 1.13. The number of aliphatic carboxylic acids is 1. The number of carboxylic acids is 1. The molecular weight excluding hydrogens is 324 g/mol. The van der Waals surface area contributed by atoms with Crippen LogP contribution in [0.2, 0.25) is 5.02 Å². The second-order valence-electron chi connectivity index (χ2n) is 5.17. The first-order chi connectivity index (χ1) is 11.0. The van der Waals surface area contributed by atoms with Crippen LogP contribution in [0.5, 0.6) is 11.5 Å². The van der Waals surface area contributed by atoms with Crippen LogP contribution in [0.3, 0.4) is 0 Å². The van der Waals surface area contributed by atoms with Crippen molar-refractivity contribution in [2.24, 2.45) is 0 Å². The van der Waals surface area contributed by atoms with Crippen LogP contribution in [0.25, 0.3) is 0 Å². The van der Waals surface area contributed by atoms with E-state index in [0.717, 1.165) is 5.56 Å². The number of hydrogen-bond donors (Lipinski definition) is 2. The van der Waals surface area contributed by atoms with Gasteiger partial charge in [-0.25, -0.2) is 0 Å². The molecule has 23 heavy (non-hydrogen) atoms. The molecule has 1 aromatic rings. The monoisotopic (exact) mass is 342 g/mol. The van der Waals surface area contributed by atoms with Gasteiger partial charge in [-0.2, -0.15) is 0 Å². The summed E-state index contributed by atoms with van der Waals surface area (Å²) >= 11 is 6.27. The molecule has 0 aliphatic carbocycles. The van der Waals surface area contributed by atoms with Gasteiger partial charge < -0.3 is 19.9 Å². The Bertz CT molecular complexity index is 608. The minimum Gasteiger partial charge on any atom is -0.493 e. The molecule has 1 aliphatic rings. The standard InChI is InChI=1S/C15H19ClN2O5/c1-22-12-5-9(10(16)6-13(12)23-2)8-18-4-3-17-15(21)11(18)7-14(19)20/h5-6,11H,3-4,7-8H2,1-2H3,(H,17,21)(H,19,20). The molecule has 1 aliphatic heterocycles. The number of carboxylic acid groups (broad SMARTS) is 1. The topological polar surface area (TPSA) is 88.1 Å². The molecule has 1 atom stereocenters. The van der Waals surface area contributed by atoms with E-state index in [2.05, 4.69) is 5.32 Å². The van der Waals surface area contributed by atoms with Gasteiger partial charge >= 0.3 is 5.97 Å². The number of benzene rings is 1. The summed E-state index contributed by atoms with van der Waals surface area (Å²) < 4.78 is 10.4. The highest BCUT2D eigenvalue weighted by Crippen LogP contribution is 2.34. The first-order valence-electron chi connectivity index (χ1n) is 7.10. The lowest BCUT2D eigenvalue weighted by atomic mass is 10.1. The normalized spacial score (nSPS) is 18.4. The largest absolute Gasteiger partial charge is 0.493 e. The molecule has 1 unspecified atom stereocenters. The van der Waals surface area contributed by atoms with Crippen molar-refractivity contribution in [2.45, 2.75) is 19.0 Å². The van der Waals surface area contributed by atoms with Gasteiger partial charge in [-0.15, -0.1) is 0 Å². The van der Waals surface area contributed by atoms with Gasteiger partial charge in [0.25, 0.3) is 0 Å². The van der Waals surface area contributed by atoms with Crippen LogP contribution in [-0.2, 0) is 16.1 Å². The highest BCUT2D eigenvalue weighted by molar-refractivity contribution is 6.31. The van der Waals surface area contributed by atoms with E-state index in [-0.39, 0.29) is 12.3 Å². The fraction of sp³-hybridized carbons (Fsp3) is 0.467. The molecule has 1 heterocycles.